The number of rotatable bonds is 10. The van der Waals surface area contributed by atoms with Gasteiger partial charge in [0.2, 0.25) is 5.91 Å². The lowest BCUT2D eigenvalue weighted by Gasteiger charge is -2.31. The van der Waals surface area contributed by atoms with Gasteiger partial charge in [0.25, 0.3) is 0 Å². The van der Waals surface area contributed by atoms with Crippen LogP contribution in [0.25, 0.3) is 22.6 Å². The summed E-state index contributed by atoms with van der Waals surface area (Å²) in [6, 6.07) is 13.1. The zero-order valence-electron chi connectivity index (χ0n) is 22.2. The molecule has 2 heterocycles. The average molecular weight is 509 g/mol. The highest BCUT2D eigenvalue weighted by atomic mass is 19.1. The summed E-state index contributed by atoms with van der Waals surface area (Å²) >= 11 is 0. The van der Waals surface area contributed by atoms with Crippen LogP contribution in [0.15, 0.2) is 48.7 Å². The summed E-state index contributed by atoms with van der Waals surface area (Å²) in [4.78, 5) is 19.9. The Morgan fingerprint density at radius 2 is 1.92 bits per heavy atom. The zero-order valence-corrected chi connectivity index (χ0v) is 22.2. The molecule has 1 saturated heterocycles. The van der Waals surface area contributed by atoms with E-state index in [0.29, 0.717) is 17.5 Å². The molecule has 2 aromatic carbocycles. The molecule has 8 heteroatoms. The van der Waals surface area contributed by atoms with Crippen LogP contribution in [0.1, 0.15) is 32.3 Å². The molecule has 37 heavy (non-hydrogen) atoms. The Balaban J connectivity index is 1.54. The van der Waals surface area contributed by atoms with Crippen LogP contribution >= 0.6 is 0 Å². The number of aromatic nitrogens is 2. The topological polar surface area (TPSA) is 68.6 Å². The van der Waals surface area contributed by atoms with Gasteiger partial charge in [-0.25, -0.2) is 9.37 Å². The molecule has 0 aliphatic carbocycles. The van der Waals surface area contributed by atoms with E-state index in [0.717, 1.165) is 43.7 Å². The van der Waals surface area contributed by atoms with Gasteiger partial charge in [0.15, 0.2) is 11.6 Å². The lowest BCUT2D eigenvalue weighted by molar-refractivity contribution is -0.122. The van der Waals surface area contributed by atoms with E-state index in [1.54, 1.807) is 23.8 Å². The van der Waals surface area contributed by atoms with Crippen molar-refractivity contribution in [1.29, 1.82) is 0 Å². The fourth-order valence-electron chi connectivity index (χ4n) is 4.77. The first-order chi connectivity index (χ1) is 17.9. The molecular weight excluding hydrogens is 471 g/mol. The predicted molar refractivity (Wildman–Crippen MR) is 143 cm³/mol. The Morgan fingerprint density at radius 3 is 2.62 bits per heavy atom. The molecule has 0 saturated carbocycles. The highest BCUT2D eigenvalue weighted by Crippen LogP contribution is 2.29. The molecule has 198 valence electrons. The summed E-state index contributed by atoms with van der Waals surface area (Å²) < 4.78 is 26.5. The molecule has 1 aliphatic rings. The third kappa shape index (κ3) is 6.96. The smallest absolute Gasteiger partial charge is 0.240 e. The van der Waals surface area contributed by atoms with Crippen LogP contribution < -0.4 is 10.1 Å². The maximum absolute atomic E-state index is 14.0. The number of piperidine rings is 1. The average Bonchev–Trinajstić information content (AvgIpc) is 3.31. The minimum absolute atomic E-state index is 0.0303. The first-order valence-corrected chi connectivity index (χ1v) is 12.9. The van der Waals surface area contributed by atoms with Crippen molar-refractivity contribution in [2.24, 2.45) is 0 Å². The van der Waals surface area contributed by atoms with Crippen LogP contribution in [0.2, 0.25) is 0 Å². The SMILES string of the molecule is COc1cc(-c2nc(-c3ccc(CCN4CCCC(OC)C4)cc3)cn2CC(=O)NC(C)C)ccc1F. The number of hydrogen-bond donors (Lipinski definition) is 1. The monoisotopic (exact) mass is 508 g/mol. The number of hydrogen-bond acceptors (Lipinski definition) is 5. The first kappa shape index (κ1) is 26.8. The number of nitrogens with one attached hydrogen (secondary N) is 1. The van der Waals surface area contributed by atoms with E-state index < -0.39 is 5.82 Å². The minimum atomic E-state index is -0.444. The highest BCUT2D eigenvalue weighted by Gasteiger charge is 2.19. The second kappa shape index (κ2) is 12.3. The molecule has 7 nitrogen and oxygen atoms in total. The maximum Gasteiger partial charge on any atom is 0.240 e. The number of halogens is 1. The standard InChI is InChI=1S/C29H37FN4O3/c1-20(2)31-28(35)19-34-18-26(32-29(34)23-11-12-25(30)27(16-23)37-4)22-9-7-21(8-10-22)13-15-33-14-5-6-24(17-33)36-3/h7-12,16,18,20,24H,5-6,13-15,17,19H2,1-4H3,(H,31,35). The second-order valence-electron chi connectivity index (χ2n) is 9.90. The van der Waals surface area contributed by atoms with Crippen LogP contribution in [0.4, 0.5) is 4.39 Å². The number of ether oxygens (including phenoxy) is 2. The Bertz CT molecular complexity index is 1190. The van der Waals surface area contributed by atoms with Crippen molar-refractivity contribution in [1.82, 2.24) is 19.8 Å². The van der Waals surface area contributed by atoms with Gasteiger partial charge in [-0.3, -0.25) is 4.79 Å². The van der Waals surface area contributed by atoms with Gasteiger partial charge in [0.1, 0.15) is 12.4 Å². The van der Waals surface area contributed by atoms with Crippen LogP contribution in [-0.2, 0) is 22.5 Å². The largest absolute Gasteiger partial charge is 0.494 e. The number of benzene rings is 2. The number of carbonyl (C=O) groups is 1. The summed E-state index contributed by atoms with van der Waals surface area (Å²) in [6.45, 7) is 7.08. The van der Waals surface area contributed by atoms with Crippen molar-refractivity contribution in [2.75, 3.05) is 33.9 Å². The van der Waals surface area contributed by atoms with E-state index in [4.69, 9.17) is 14.5 Å². The van der Waals surface area contributed by atoms with E-state index in [1.165, 1.54) is 25.2 Å². The van der Waals surface area contributed by atoms with Crippen molar-refractivity contribution >= 4 is 5.91 Å². The van der Waals surface area contributed by atoms with Crippen LogP contribution in [0.3, 0.4) is 0 Å². The van der Waals surface area contributed by atoms with Crippen molar-refractivity contribution in [3.05, 3.63) is 60.0 Å². The number of nitrogens with zero attached hydrogens (tertiary/aromatic N) is 3. The summed E-state index contributed by atoms with van der Waals surface area (Å²) in [6.07, 6.45) is 5.50. The predicted octanol–water partition coefficient (Wildman–Crippen LogP) is 4.54. The number of imidazole rings is 1. The Hall–Kier alpha value is -3.23. The Kier molecular flexibility index (Phi) is 8.95. The fourth-order valence-corrected chi connectivity index (χ4v) is 4.77. The van der Waals surface area contributed by atoms with Gasteiger partial charge in [0, 0.05) is 43.6 Å². The third-order valence-corrected chi connectivity index (χ3v) is 6.71. The van der Waals surface area contributed by atoms with E-state index in [2.05, 4.69) is 34.5 Å². The van der Waals surface area contributed by atoms with Gasteiger partial charge in [-0.1, -0.05) is 24.3 Å². The molecule has 0 radical (unpaired) electrons. The molecule has 0 bridgehead atoms. The molecule has 1 atom stereocenters. The van der Waals surface area contributed by atoms with Gasteiger partial charge >= 0.3 is 0 Å². The molecule has 1 fully saturated rings. The van der Waals surface area contributed by atoms with Gasteiger partial charge in [-0.05, 0) is 63.4 Å². The normalized spacial score (nSPS) is 16.2. The number of likely N-dealkylation sites (tertiary alicyclic amines) is 1. The number of methoxy groups -OCH3 is 2. The van der Waals surface area contributed by atoms with Crippen LogP contribution in [-0.4, -0.2) is 66.4 Å². The van der Waals surface area contributed by atoms with Crippen molar-refractivity contribution in [2.45, 2.75) is 51.8 Å². The van der Waals surface area contributed by atoms with Gasteiger partial charge in [-0.2, -0.15) is 0 Å². The molecule has 1 aromatic heterocycles. The lowest BCUT2D eigenvalue weighted by atomic mass is 10.1. The summed E-state index contributed by atoms with van der Waals surface area (Å²) in [7, 11) is 3.22. The second-order valence-corrected chi connectivity index (χ2v) is 9.90. The number of carbonyl (C=O) groups excluding carboxylic acids is 1. The summed E-state index contributed by atoms with van der Waals surface area (Å²) in [5.41, 5.74) is 3.65. The lowest BCUT2D eigenvalue weighted by Crippen LogP contribution is -2.40. The van der Waals surface area contributed by atoms with Gasteiger partial charge in [-0.15, -0.1) is 0 Å². The zero-order chi connectivity index (χ0) is 26.4. The van der Waals surface area contributed by atoms with Crippen LogP contribution in [0, 0.1) is 5.82 Å². The minimum Gasteiger partial charge on any atom is -0.494 e. The Labute approximate surface area is 218 Å². The van der Waals surface area contributed by atoms with Crippen molar-refractivity contribution in [3.63, 3.8) is 0 Å². The number of amides is 1. The first-order valence-electron chi connectivity index (χ1n) is 12.9. The maximum atomic E-state index is 14.0. The Morgan fingerprint density at radius 1 is 1.16 bits per heavy atom. The molecule has 4 rings (SSSR count). The molecule has 0 spiro atoms. The van der Waals surface area contributed by atoms with Gasteiger partial charge in [0.05, 0.1) is 18.9 Å². The van der Waals surface area contributed by atoms with E-state index in [-0.39, 0.29) is 24.2 Å². The van der Waals surface area contributed by atoms with Crippen molar-refractivity contribution in [3.8, 4) is 28.4 Å². The van der Waals surface area contributed by atoms with Crippen LogP contribution in [0.5, 0.6) is 5.75 Å². The molecule has 3 aromatic rings. The van der Waals surface area contributed by atoms with E-state index in [9.17, 15) is 9.18 Å². The molecule has 1 N–H and O–H groups in total. The van der Waals surface area contributed by atoms with E-state index in [1.807, 2.05) is 20.0 Å². The molecule has 1 amide bonds. The molecule has 1 aliphatic heterocycles. The van der Waals surface area contributed by atoms with Crippen molar-refractivity contribution < 1.29 is 18.7 Å². The van der Waals surface area contributed by atoms with Gasteiger partial charge < -0.3 is 24.3 Å². The summed E-state index contributed by atoms with van der Waals surface area (Å²) in [5.74, 6) is 0.155. The fraction of sp³-hybridized carbons (Fsp3) is 0.448. The molecule has 1 unspecified atom stereocenters. The summed E-state index contributed by atoms with van der Waals surface area (Å²) in [5, 5.41) is 2.92. The highest BCUT2D eigenvalue weighted by molar-refractivity contribution is 5.77. The van der Waals surface area contributed by atoms with E-state index >= 15 is 0 Å². The third-order valence-electron chi connectivity index (χ3n) is 6.71. The quantitative estimate of drug-likeness (QED) is 0.435. The molecular formula is C29H37FN4O3.